The van der Waals surface area contributed by atoms with Crippen LogP contribution in [-0.4, -0.2) is 9.55 Å². The highest BCUT2D eigenvalue weighted by molar-refractivity contribution is 5.28. The van der Waals surface area contributed by atoms with Crippen molar-refractivity contribution in [1.82, 2.24) is 14.9 Å². The lowest BCUT2D eigenvalue weighted by atomic mass is 9.95. The van der Waals surface area contributed by atoms with Crippen molar-refractivity contribution in [2.45, 2.75) is 39.0 Å². The van der Waals surface area contributed by atoms with Gasteiger partial charge in [0.1, 0.15) is 0 Å². The standard InChI is InChI=1S/C17H22F3N3/c1-12(2)7-16(22-10-15-9-21-11-23(15)3)13-5-4-6-14(8-13)17(18,19)20/h4-6,8-9,11-12,16,22H,7,10H2,1-3H3. The van der Waals surface area contributed by atoms with Gasteiger partial charge in [-0.25, -0.2) is 4.98 Å². The Morgan fingerprint density at radius 2 is 2.00 bits per heavy atom. The van der Waals surface area contributed by atoms with Gasteiger partial charge >= 0.3 is 6.18 Å². The lowest BCUT2D eigenvalue weighted by Gasteiger charge is -2.22. The molecule has 0 saturated carbocycles. The molecule has 0 radical (unpaired) electrons. The maximum absolute atomic E-state index is 12.9. The van der Waals surface area contributed by atoms with Crippen molar-refractivity contribution in [3.05, 3.63) is 53.6 Å². The van der Waals surface area contributed by atoms with Gasteiger partial charge in [-0.2, -0.15) is 13.2 Å². The summed E-state index contributed by atoms with van der Waals surface area (Å²) in [7, 11) is 1.89. The molecule has 0 aliphatic carbocycles. The Bertz CT molecular complexity index is 632. The number of benzene rings is 1. The Labute approximate surface area is 134 Å². The summed E-state index contributed by atoms with van der Waals surface area (Å²) in [4.78, 5) is 4.05. The number of nitrogens with one attached hydrogen (secondary N) is 1. The lowest BCUT2D eigenvalue weighted by molar-refractivity contribution is -0.137. The summed E-state index contributed by atoms with van der Waals surface area (Å²) in [6.45, 7) is 4.68. The van der Waals surface area contributed by atoms with E-state index in [1.54, 1.807) is 18.6 Å². The van der Waals surface area contributed by atoms with Crippen LogP contribution in [-0.2, 0) is 19.8 Å². The van der Waals surface area contributed by atoms with Gasteiger partial charge in [-0.15, -0.1) is 0 Å². The molecule has 1 atom stereocenters. The number of alkyl halides is 3. The van der Waals surface area contributed by atoms with E-state index in [-0.39, 0.29) is 6.04 Å². The lowest BCUT2D eigenvalue weighted by Crippen LogP contribution is -2.24. The number of hydrogen-bond acceptors (Lipinski definition) is 2. The van der Waals surface area contributed by atoms with Crippen LogP contribution < -0.4 is 5.32 Å². The molecule has 2 aromatic rings. The molecule has 0 aliphatic rings. The van der Waals surface area contributed by atoms with E-state index >= 15 is 0 Å². The van der Waals surface area contributed by atoms with Crippen molar-refractivity contribution >= 4 is 0 Å². The zero-order valence-corrected chi connectivity index (χ0v) is 13.6. The predicted octanol–water partition coefficient (Wildman–Crippen LogP) is 4.32. The summed E-state index contributed by atoms with van der Waals surface area (Å²) in [6, 6.07) is 5.43. The number of aryl methyl sites for hydroxylation is 1. The van der Waals surface area contributed by atoms with Gasteiger partial charge in [0.25, 0.3) is 0 Å². The summed E-state index contributed by atoms with van der Waals surface area (Å²) in [6.07, 6.45) is -0.0934. The second kappa shape index (κ2) is 7.17. The van der Waals surface area contributed by atoms with E-state index in [2.05, 4.69) is 24.1 Å². The SMILES string of the molecule is CC(C)CC(NCc1cncn1C)c1cccc(C(F)(F)F)c1. The van der Waals surface area contributed by atoms with Gasteiger partial charge in [-0.05, 0) is 30.0 Å². The molecule has 0 saturated heterocycles. The first-order valence-electron chi connectivity index (χ1n) is 7.63. The van der Waals surface area contributed by atoms with Crippen molar-refractivity contribution in [3.63, 3.8) is 0 Å². The number of hydrogen-bond donors (Lipinski definition) is 1. The van der Waals surface area contributed by atoms with Crippen LogP contribution in [0.1, 0.15) is 43.1 Å². The van der Waals surface area contributed by atoms with Crippen LogP contribution in [0.15, 0.2) is 36.8 Å². The highest BCUT2D eigenvalue weighted by Gasteiger charge is 2.31. The van der Waals surface area contributed by atoms with E-state index in [0.29, 0.717) is 18.0 Å². The fraction of sp³-hybridized carbons (Fsp3) is 0.471. The fourth-order valence-corrected chi connectivity index (χ4v) is 2.52. The minimum Gasteiger partial charge on any atom is -0.337 e. The molecule has 6 heteroatoms. The average molecular weight is 325 g/mol. The molecule has 0 amide bonds. The molecule has 126 valence electrons. The van der Waals surface area contributed by atoms with Gasteiger partial charge < -0.3 is 9.88 Å². The maximum atomic E-state index is 12.9. The number of nitrogens with zero attached hydrogens (tertiary/aromatic N) is 2. The van der Waals surface area contributed by atoms with Crippen LogP contribution in [0.25, 0.3) is 0 Å². The van der Waals surface area contributed by atoms with Gasteiger partial charge in [0.2, 0.25) is 0 Å². The van der Waals surface area contributed by atoms with Crippen molar-refractivity contribution in [2.75, 3.05) is 0 Å². The highest BCUT2D eigenvalue weighted by atomic mass is 19.4. The van der Waals surface area contributed by atoms with Gasteiger partial charge in [-0.1, -0.05) is 26.0 Å². The Morgan fingerprint density at radius 3 is 2.57 bits per heavy atom. The third-order valence-corrected chi connectivity index (χ3v) is 3.77. The quantitative estimate of drug-likeness (QED) is 0.857. The van der Waals surface area contributed by atoms with Crippen molar-refractivity contribution in [1.29, 1.82) is 0 Å². The Morgan fingerprint density at radius 1 is 1.26 bits per heavy atom. The molecule has 0 fully saturated rings. The van der Waals surface area contributed by atoms with Gasteiger partial charge in [0, 0.05) is 25.8 Å². The van der Waals surface area contributed by atoms with Crippen LogP contribution in [0.5, 0.6) is 0 Å². The van der Waals surface area contributed by atoms with Gasteiger partial charge in [-0.3, -0.25) is 0 Å². The Hall–Kier alpha value is -1.82. The van der Waals surface area contributed by atoms with Gasteiger partial charge in [0.05, 0.1) is 17.6 Å². The topological polar surface area (TPSA) is 29.9 Å². The van der Waals surface area contributed by atoms with Crippen LogP contribution in [0.2, 0.25) is 0 Å². The number of imidazole rings is 1. The van der Waals surface area contributed by atoms with Crippen LogP contribution in [0.4, 0.5) is 13.2 Å². The molecule has 23 heavy (non-hydrogen) atoms. The predicted molar refractivity (Wildman–Crippen MR) is 83.7 cm³/mol. The summed E-state index contributed by atoms with van der Waals surface area (Å²) in [5, 5.41) is 3.36. The molecular weight excluding hydrogens is 303 g/mol. The Balaban J connectivity index is 2.19. The molecule has 0 bridgehead atoms. The normalized spacial score (nSPS) is 13.5. The first-order valence-corrected chi connectivity index (χ1v) is 7.63. The summed E-state index contributed by atoms with van der Waals surface area (Å²) in [5.41, 5.74) is 1.05. The van der Waals surface area contributed by atoms with E-state index < -0.39 is 11.7 Å². The zero-order valence-electron chi connectivity index (χ0n) is 13.6. The zero-order chi connectivity index (χ0) is 17.0. The minimum atomic E-state index is -4.32. The van der Waals surface area contributed by atoms with E-state index in [1.165, 1.54) is 12.1 Å². The fourth-order valence-electron chi connectivity index (χ4n) is 2.52. The van der Waals surface area contributed by atoms with Crippen molar-refractivity contribution < 1.29 is 13.2 Å². The monoisotopic (exact) mass is 325 g/mol. The van der Waals surface area contributed by atoms with Crippen LogP contribution in [0, 0.1) is 5.92 Å². The first kappa shape index (κ1) is 17.5. The molecule has 1 heterocycles. The molecule has 0 aliphatic heterocycles. The summed E-state index contributed by atoms with van der Waals surface area (Å²) in [5.74, 6) is 0.369. The van der Waals surface area contributed by atoms with Gasteiger partial charge in [0.15, 0.2) is 0 Å². The molecule has 1 unspecified atom stereocenters. The Kier molecular flexibility index (Phi) is 5.46. The van der Waals surface area contributed by atoms with E-state index in [4.69, 9.17) is 0 Å². The summed E-state index contributed by atoms with van der Waals surface area (Å²) >= 11 is 0. The molecular formula is C17H22F3N3. The maximum Gasteiger partial charge on any atom is 0.416 e. The number of rotatable bonds is 6. The number of halogens is 3. The van der Waals surface area contributed by atoms with E-state index in [9.17, 15) is 13.2 Å². The molecule has 1 aromatic carbocycles. The smallest absolute Gasteiger partial charge is 0.337 e. The molecule has 2 rings (SSSR count). The van der Waals surface area contributed by atoms with E-state index in [1.807, 2.05) is 11.6 Å². The van der Waals surface area contributed by atoms with Crippen LogP contribution >= 0.6 is 0 Å². The minimum absolute atomic E-state index is 0.132. The van der Waals surface area contributed by atoms with Crippen molar-refractivity contribution in [3.8, 4) is 0 Å². The molecule has 3 nitrogen and oxygen atoms in total. The third kappa shape index (κ3) is 4.82. The molecule has 0 spiro atoms. The first-order chi connectivity index (χ1) is 10.8. The second-order valence-electron chi connectivity index (χ2n) is 6.18. The average Bonchev–Trinajstić information content (AvgIpc) is 2.88. The molecule has 1 aromatic heterocycles. The third-order valence-electron chi connectivity index (χ3n) is 3.77. The van der Waals surface area contributed by atoms with Crippen LogP contribution in [0.3, 0.4) is 0 Å². The van der Waals surface area contributed by atoms with E-state index in [0.717, 1.165) is 18.2 Å². The molecule has 1 N–H and O–H groups in total. The highest BCUT2D eigenvalue weighted by Crippen LogP contribution is 2.32. The van der Waals surface area contributed by atoms with Crippen molar-refractivity contribution in [2.24, 2.45) is 13.0 Å². The second-order valence-corrected chi connectivity index (χ2v) is 6.18. The summed E-state index contributed by atoms with van der Waals surface area (Å²) < 4.78 is 40.7. The largest absolute Gasteiger partial charge is 0.416 e. The number of aromatic nitrogens is 2.